The van der Waals surface area contributed by atoms with Crippen LogP contribution in [0.1, 0.15) is 0 Å². The van der Waals surface area contributed by atoms with Crippen molar-refractivity contribution in [2.24, 2.45) is 0 Å². The first-order valence-corrected chi connectivity index (χ1v) is 13.8. The third-order valence-corrected chi connectivity index (χ3v) is 5.98. The molecule has 0 aliphatic carbocycles. The monoisotopic (exact) mass is 860 g/mol. The van der Waals surface area contributed by atoms with Crippen molar-refractivity contribution in [1.29, 1.82) is 0 Å². The van der Waals surface area contributed by atoms with Crippen molar-refractivity contribution in [3.05, 3.63) is 0 Å². The Morgan fingerprint density at radius 1 is 0.296 bits per heavy atom. The molecule has 312 valence electrons. The number of aliphatic carboxylic acids is 4. The predicted octanol–water partition coefficient (Wildman–Crippen LogP) is -20.1. The molecule has 0 aromatic carbocycles. The first-order valence-electron chi connectivity index (χ1n) is 13.8. The number of carbonyl (C=O) groups excluding carboxylic acids is 4. The SMILES string of the molecule is O=C([O-])C(O)C(O)C(O)C(O)CO.O=C([O-])C(O)C(O)C(O)C(O)CO.O=C([O-])C(O)C(O)C(O)C(O)CO.O=C([O-])C(O)C(O)C(O)C(O)CO.[Ca+2].[Ca+2]. The third-order valence-electron chi connectivity index (χ3n) is 5.98. The molecule has 0 amide bonds. The van der Waals surface area contributed by atoms with Gasteiger partial charge >= 0.3 is 75.5 Å². The van der Waals surface area contributed by atoms with Gasteiger partial charge in [0.25, 0.3) is 0 Å². The molecular weight excluding hydrogens is 816 g/mol. The summed E-state index contributed by atoms with van der Waals surface area (Å²) in [6.07, 6.45) is -32.3. The van der Waals surface area contributed by atoms with Crippen LogP contribution in [0.4, 0.5) is 0 Å². The van der Waals surface area contributed by atoms with Gasteiger partial charge in [0.2, 0.25) is 0 Å². The summed E-state index contributed by atoms with van der Waals surface area (Å²) >= 11 is 0. The number of carbonyl (C=O) groups is 4. The Morgan fingerprint density at radius 3 is 0.481 bits per heavy atom. The fourth-order valence-electron chi connectivity index (χ4n) is 2.65. The second-order valence-electron chi connectivity index (χ2n) is 9.98. The van der Waals surface area contributed by atoms with Crippen LogP contribution in [0.15, 0.2) is 0 Å². The summed E-state index contributed by atoms with van der Waals surface area (Å²) in [4.78, 5) is 39.9. The molecule has 28 nitrogen and oxygen atoms in total. The first kappa shape index (κ1) is 65.5. The molecule has 0 fully saturated rings. The van der Waals surface area contributed by atoms with Crippen molar-refractivity contribution in [3.8, 4) is 0 Å². The Hall–Kier alpha value is -0.401. The van der Waals surface area contributed by atoms with E-state index in [-0.39, 0.29) is 75.5 Å². The maximum atomic E-state index is 9.98. The van der Waals surface area contributed by atoms with Crippen LogP contribution in [0.2, 0.25) is 0 Å². The van der Waals surface area contributed by atoms with Gasteiger partial charge in [0, 0.05) is 0 Å². The van der Waals surface area contributed by atoms with Crippen LogP contribution in [0.25, 0.3) is 0 Å². The van der Waals surface area contributed by atoms with Gasteiger partial charge < -0.3 is 142 Å². The molecule has 0 heterocycles. The predicted molar refractivity (Wildman–Crippen MR) is 156 cm³/mol. The molecule has 0 aromatic heterocycles. The fraction of sp³-hybridized carbons (Fsp3) is 0.833. The molecule has 0 aromatic rings. The van der Waals surface area contributed by atoms with E-state index in [1.165, 1.54) is 0 Å². The summed E-state index contributed by atoms with van der Waals surface area (Å²) in [7, 11) is 0. The normalized spacial score (nSPS) is 19.6. The second-order valence-corrected chi connectivity index (χ2v) is 9.98. The Kier molecular flexibility index (Phi) is 42.0. The summed E-state index contributed by atoms with van der Waals surface area (Å²) in [6.45, 7) is -3.45. The van der Waals surface area contributed by atoms with Crippen LogP contribution in [-0.2, 0) is 19.2 Å². The van der Waals surface area contributed by atoms with Gasteiger partial charge in [-0.3, -0.25) is 0 Å². The van der Waals surface area contributed by atoms with E-state index in [0.717, 1.165) is 0 Å². The summed E-state index contributed by atoms with van der Waals surface area (Å²) in [5, 5.41) is 214. The molecule has 16 unspecified atom stereocenters. The number of carboxylic acid groups (broad SMARTS) is 4. The van der Waals surface area contributed by atoms with Crippen LogP contribution >= 0.6 is 0 Å². The smallest absolute Gasteiger partial charge is 0.547 e. The molecule has 20 N–H and O–H groups in total. The Labute approximate surface area is 362 Å². The van der Waals surface area contributed by atoms with Crippen molar-refractivity contribution in [2.75, 3.05) is 26.4 Å². The van der Waals surface area contributed by atoms with Gasteiger partial charge in [-0.15, -0.1) is 0 Å². The maximum absolute atomic E-state index is 9.98. The fourth-order valence-corrected chi connectivity index (χ4v) is 2.65. The standard InChI is InChI=1S/4C6H12O7.2Ca/c4*7-1-2(8)3(9)4(10)5(11)6(12)13;;/h4*2-5,7-11H,1H2,(H,12,13);;/q;;;;2*+2/p-4. The minimum atomic E-state index is -2.31. The van der Waals surface area contributed by atoms with Gasteiger partial charge in [-0.2, -0.15) is 0 Å². The van der Waals surface area contributed by atoms with Crippen molar-refractivity contribution in [1.82, 2.24) is 0 Å². The zero-order valence-corrected chi connectivity index (χ0v) is 32.1. The van der Waals surface area contributed by atoms with Gasteiger partial charge in [-0.1, -0.05) is 0 Å². The van der Waals surface area contributed by atoms with E-state index >= 15 is 0 Å². The van der Waals surface area contributed by atoms with Crippen molar-refractivity contribution >= 4 is 99.4 Å². The van der Waals surface area contributed by atoms with Crippen LogP contribution < -0.4 is 20.4 Å². The van der Waals surface area contributed by atoms with E-state index in [1.807, 2.05) is 0 Å². The van der Waals surface area contributed by atoms with Crippen molar-refractivity contribution in [2.45, 2.75) is 97.7 Å². The number of carboxylic acids is 4. The van der Waals surface area contributed by atoms with E-state index in [0.29, 0.717) is 0 Å². The second kappa shape index (κ2) is 34.6. The number of hydrogen-bond donors (Lipinski definition) is 20. The minimum absolute atomic E-state index is 0. The van der Waals surface area contributed by atoms with Gasteiger partial charge in [-0.25, -0.2) is 0 Å². The Bertz CT molecular complexity index is 846. The summed E-state index contributed by atoms with van der Waals surface area (Å²) < 4.78 is 0. The van der Waals surface area contributed by atoms with E-state index in [4.69, 9.17) is 102 Å². The van der Waals surface area contributed by atoms with Gasteiger partial charge in [0.05, 0.1) is 50.3 Å². The largest absolute Gasteiger partial charge is 2.00 e. The number of hydrogen-bond acceptors (Lipinski definition) is 28. The average Bonchev–Trinajstić information content (AvgIpc) is 3.12. The molecule has 0 aliphatic rings. The number of aliphatic hydroxyl groups excluding tert-OH is 20. The topological polar surface area (TPSA) is 565 Å². The third kappa shape index (κ3) is 25.8. The number of aliphatic hydroxyl groups is 20. The molecular formula is C24H44Ca2O28. The Balaban J connectivity index is -0.000000140. The van der Waals surface area contributed by atoms with E-state index < -0.39 is 148 Å². The van der Waals surface area contributed by atoms with Crippen LogP contribution in [0.5, 0.6) is 0 Å². The van der Waals surface area contributed by atoms with E-state index in [2.05, 4.69) is 0 Å². The quantitative estimate of drug-likeness (QED) is 0.0505. The van der Waals surface area contributed by atoms with Crippen molar-refractivity contribution < 1.29 is 142 Å². The molecule has 16 atom stereocenters. The molecule has 0 saturated carbocycles. The van der Waals surface area contributed by atoms with Gasteiger partial charge in [0.15, 0.2) is 0 Å². The molecule has 0 bridgehead atoms. The zero-order valence-electron chi connectivity index (χ0n) is 27.7. The summed E-state index contributed by atoms with van der Waals surface area (Å²) in [6, 6.07) is 0. The van der Waals surface area contributed by atoms with E-state index in [9.17, 15) is 39.6 Å². The first-order chi connectivity index (χ1) is 23.7. The molecule has 0 spiro atoms. The molecule has 0 radical (unpaired) electrons. The number of rotatable bonds is 20. The van der Waals surface area contributed by atoms with Crippen molar-refractivity contribution in [3.63, 3.8) is 0 Å². The minimum Gasteiger partial charge on any atom is -0.547 e. The zero-order chi connectivity index (χ0) is 42.4. The van der Waals surface area contributed by atoms with Gasteiger partial charge in [0.1, 0.15) is 97.7 Å². The average molecular weight is 861 g/mol. The maximum Gasteiger partial charge on any atom is 2.00 e. The molecule has 0 aliphatic heterocycles. The summed E-state index contributed by atoms with van der Waals surface area (Å²) in [5.41, 5.74) is 0. The molecule has 0 rings (SSSR count). The van der Waals surface area contributed by atoms with Gasteiger partial charge in [-0.05, 0) is 0 Å². The molecule has 30 heteroatoms. The molecule has 0 saturated heterocycles. The molecule has 54 heavy (non-hydrogen) atoms. The van der Waals surface area contributed by atoms with Crippen LogP contribution in [-0.4, -0.2) is 326 Å². The van der Waals surface area contributed by atoms with E-state index in [1.54, 1.807) is 0 Å². The van der Waals surface area contributed by atoms with Crippen LogP contribution in [0, 0.1) is 0 Å². The Morgan fingerprint density at radius 2 is 0.407 bits per heavy atom. The van der Waals surface area contributed by atoms with Crippen LogP contribution in [0.3, 0.4) is 0 Å². The summed E-state index contributed by atoms with van der Waals surface area (Å²) in [5.74, 6) is -7.90.